The highest BCUT2D eigenvalue weighted by molar-refractivity contribution is 7.55. The van der Waals surface area contributed by atoms with Gasteiger partial charge in [0.2, 0.25) is 0 Å². The van der Waals surface area contributed by atoms with Gasteiger partial charge in [-0.05, 0) is 53.4 Å². The molecule has 0 amide bonds. The van der Waals surface area contributed by atoms with Crippen molar-refractivity contribution < 1.29 is 13.2 Å². The summed E-state index contributed by atoms with van der Waals surface area (Å²) in [4.78, 5) is 0. The Hall–Kier alpha value is -2.12. The highest BCUT2D eigenvalue weighted by Gasteiger charge is 2.16. The van der Waals surface area contributed by atoms with Crippen LogP contribution < -0.4 is 0 Å². The molecule has 0 aliphatic rings. The van der Waals surface area contributed by atoms with E-state index in [4.69, 9.17) is 0 Å². The molecule has 0 fully saturated rings. The van der Waals surface area contributed by atoms with Crippen LogP contribution in [0.1, 0.15) is 16.7 Å². The monoisotopic (exact) mass is 358 g/mol. The van der Waals surface area contributed by atoms with E-state index in [2.05, 4.69) is 0 Å². The summed E-state index contributed by atoms with van der Waals surface area (Å²) in [6.07, 6.45) is 1.47. The lowest BCUT2D eigenvalue weighted by atomic mass is 10.2. The van der Waals surface area contributed by atoms with Crippen molar-refractivity contribution >= 4 is 7.92 Å². The first kappa shape index (κ1) is 17.7. The molecule has 0 spiro atoms. The fraction of sp³-hybridized carbons (Fsp3) is 0.143. The largest absolute Gasteiger partial charge is 0.207 e. The summed E-state index contributed by atoms with van der Waals surface area (Å²) < 4.78 is 42.1. The molecule has 4 heteroatoms. The maximum absolute atomic E-state index is 14.0. The molecular formula is C21H18F3P. The molecule has 25 heavy (non-hydrogen) atoms. The van der Waals surface area contributed by atoms with E-state index < -0.39 is 7.92 Å². The van der Waals surface area contributed by atoms with E-state index in [1.54, 1.807) is 54.6 Å². The molecule has 0 saturated carbocycles. The Labute approximate surface area is 147 Å². The fourth-order valence-corrected chi connectivity index (χ4v) is 5.32. The van der Waals surface area contributed by atoms with Gasteiger partial charge < -0.3 is 0 Å². The van der Waals surface area contributed by atoms with Crippen LogP contribution in [0.15, 0.2) is 72.8 Å². The van der Waals surface area contributed by atoms with E-state index in [0.717, 1.165) is 0 Å². The molecule has 0 unspecified atom stereocenters. The quantitative estimate of drug-likeness (QED) is 0.442. The van der Waals surface area contributed by atoms with Gasteiger partial charge in [0, 0.05) is 0 Å². The number of hydrogen-bond donors (Lipinski definition) is 0. The van der Waals surface area contributed by atoms with Gasteiger partial charge >= 0.3 is 0 Å². The lowest BCUT2D eigenvalue weighted by Gasteiger charge is -2.19. The van der Waals surface area contributed by atoms with Gasteiger partial charge in [-0.25, -0.2) is 13.2 Å². The summed E-state index contributed by atoms with van der Waals surface area (Å²) in [6.45, 7) is 0. The van der Waals surface area contributed by atoms with E-state index in [-0.39, 0.29) is 17.5 Å². The molecule has 0 radical (unpaired) electrons. The van der Waals surface area contributed by atoms with Crippen LogP contribution in [0.5, 0.6) is 0 Å². The Bertz CT molecular complexity index is 735. The Balaban J connectivity index is 1.86. The SMILES string of the molecule is Fc1ccccc1CP(Cc1ccccc1F)Cc1ccccc1F. The van der Waals surface area contributed by atoms with Gasteiger partial charge in [0.05, 0.1) is 0 Å². The molecule has 0 nitrogen and oxygen atoms in total. The average Bonchev–Trinajstić information content (AvgIpc) is 2.61. The minimum atomic E-state index is -0.858. The summed E-state index contributed by atoms with van der Waals surface area (Å²) in [5, 5.41) is 0. The van der Waals surface area contributed by atoms with Crippen LogP contribution in [0.2, 0.25) is 0 Å². The molecular weight excluding hydrogens is 340 g/mol. The van der Waals surface area contributed by atoms with Gasteiger partial charge in [0.1, 0.15) is 17.5 Å². The first-order valence-corrected chi connectivity index (χ1v) is 9.96. The van der Waals surface area contributed by atoms with Crippen molar-refractivity contribution in [2.45, 2.75) is 18.5 Å². The van der Waals surface area contributed by atoms with Crippen molar-refractivity contribution in [1.29, 1.82) is 0 Å². The summed E-state index contributed by atoms with van der Waals surface area (Å²) in [5.41, 5.74) is 1.80. The van der Waals surface area contributed by atoms with Crippen LogP contribution in [0.25, 0.3) is 0 Å². The van der Waals surface area contributed by atoms with E-state index in [9.17, 15) is 13.2 Å². The molecule has 3 aromatic carbocycles. The van der Waals surface area contributed by atoms with Crippen LogP contribution in [0.3, 0.4) is 0 Å². The van der Waals surface area contributed by atoms with Gasteiger partial charge in [-0.1, -0.05) is 62.5 Å². The number of benzene rings is 3. The van der Waals surface area contributed by atoms with Crippen molar-refractivity contribution in [3.8, 4) is 0 Å². The normalized spacial score (nSPS) is 11.0. The third-order valence-corrected chi connectivity index (χ3v) is 6.42. The Kier molecular flexibility index (Phi) is 5.88. The van der Waals surface area contributed by atoms with E-state index >= 15 is 0 Å². The predicted molar refractivity (Wildman–Crippen MR) is 97.2 cm³/mol. The number of hydrogen-bond acceptors (Lipinski definition) is 0. The number of halogens is 3. The Morgan fingerprint density at radius 1 is 0.480 bits per heavy atom. The maximum atomic E-state index is 14.0. The zero-order valence-corrected chi connectivity index (χ0v) is 14.5. The van der Waals surface area contributed by atoms with Crippen LogP contribution >= 0.6 is 7.92 Å². The third kappa shape index (κ3) is 4.70. The standard InChI is InChI=1S/C21H18F3P/c22-19-10-4-1-7-16(19)13-25(14-17-8-2-5-11-20(17)23)15-18-9-3-6-12-21(18)24/h1-12H,13-15H2. The first-order valence-electron chi connectivity index (χ1n) is 8.06. The second-order valence-electron chi connectivity index (χ2n) is 5.92. The van der Waals surface area contributed by atoms with Crippen molar-refractivity contribution in [3.05, 3.63) is 107 Å². The Morgan fingerprint density at radius 2 is 0.760 bits per heavy atom. The second-order valence-corrected chi connectivity index (χ2v) is 8.21. The van der Waals surface area contributed by atoms with Crippen LogP contribution in [0.4, 0.5) is 13.2 Å². The van der Waals surface area contributed by atoms with Gasteiger partial charge in [0.25, 0.3) is 0 Å². The van der Waals surface area contributed by atoms with Crippen LogP contribution in [-0.2, 0) is 18.5 Å². The molecule has 128 valence electrons. The summed E-state index contributed by atoms with van der Waals surface area (Å²) >= 11 is 0. The summed E-state index contributed by atoms with van der Waals surface area (Å²) in [5.74, 6) is -0.800. The van der Waals surface area contributed by atoms with Crippen LogP contribution in [0, 0.1) is 17.5 Å². The highest BCUT2D eigenvalue weighted by atomic mass is 31.1. The van der Waals surface area contributed by atoms with E-state index in [0.29, 0.717) is 35.2 Å². The predicted octanol–water partition coefficient (Wildman–Crippen LogP) is 6.49. The zero-order valence-electron chi connectivity index (χ0n) is 13.6. The van der Waals surface area contributed by atoms with Crippen molar-refractivity contribution in [1.82, 2.24) is 0 Å². The number of rotatable bonds is 6. The zero-order chi connectivity index (χ0) is 17.6. The third-order valence-electron chi connectivity index (χ3n) is 4.06. The molecule has 0 bridgehead atoms. The molecule has 0 saturated heterocycles. The smallest absolute Gasteiger partial charge is 0.126 e. The van der Waals surface area contributed by atoms with Gasteiger partial charge in [-0.3, -0.25) is 0 Å². The van der Waals surface area contributed by atoms with Crippen molar-refractivity contribution in [2.75, 3.05) is 0 Å². The van der Waals surface area contributed by atoms with Gasteiger partial charge in [-0.15, -0.1) is 0 Å². The summed E-state index contributed by atoms with van der Waals surface area (Å²) in [7, 11) is -0.858. The average molecular weight is 358 g/mol. The molecule has 0 aromatic heterocycles. The highest BCUT2D eigenvalue weighted by Crippen LogP contribution is 2.47. The van der Waals surface area contributed by atoms with Crippen LogP contribution in [-0.4, -0.2) is 0 Å². The van der Waals surface area contributed by atoms with E-state index in [1.165, 1.54) is 18.2 Å². The van der Waals surface area contributed by atoms with Crippen molar-refractivity contribution in [3.63, 3.8) is 0 Å². The summed E-state index contributed by atoms with van der Waals surface area (Å²) in [6, 6.07) is 19.8. The molecule has 0 N–H and O–H groups in total. The molecule has 0 aliphatic heterocycles. The molecule has 0 heterocycles. The molecule has 3 aromatic rings. The first-order chi connectivity index (χ1) is 12.1. The molecule has 0 atom stereocenters. The lowest BCUT2D eigenvalue weighted by Crippen LogP contribution is -1.98. The molecule has 3 rings (SSSR count). The maximum Gasteiger partial charge on any atom is 0.126 e. The minimum Gasteiger partial charge on any atom is -0.207 e. The fourth-order valence-electron chi connectivity index (χ4n) is 2.77. The van der Waals surface area contributed by atoms with Gasteiger partial charge in [-0.2, -0.15) is 0 Å². The minimum absolute atomic E-state index is 0.267. The Morgan fingerprint density at radius 3 is 1.04 bits per heavy atom. The lowest BCUT2D eigenvalue weighted by molar-refractivity contribution is 0.614. The second kappa shape index (κ2) is 8.31. The molecule has 0 aliphatic carbocycles. The van der Waals surface area contributed by atoms with E-state index in [1.807, 2.05) is 0 Å². The van der Waals surface area contributed by atoms with Gasteiger partial charge in [0.15, 0.2) is 0 Å². The topological polar surface area (TPSA) is 0 Å². The van der Waals surface area contributed by atoms with Crippen molar-refractivity contribution in [2.24, 2.45) is 0 Å².